The molecule has 0 aromatic heterocycles. The van der Waals surface area contributed by atoms with Gasteiger partial charge < -0.3 is 10.4 Å². The molecule has 1 aromatic carbocycles. The first kappa shape index (κ1) is 19.7. The van der Waals surface area contributed by atoms with Crippen molar-refractivity contribution < 1.29 is 27.9 Å². The zero-order valence-electron chi connectivity index (χ0n) is 11.0. The van der Waals surface area contributed by atoms with Gasteiger partial charge in [0.15, 0.2) is 0 Å². The van der Waals surface area contributed by atoms with Gasteiger partial charge in [-0.25, -0.2) is 0 Å². The highest BCUT2D eigenvalue weighted by Crippen LogP contribution is 2.31. The van der Waals surface area contributed by atoms with Crippen LogP contribution in [0.3, 0.4) is 0 Å². The van der Waals surface area contributed by atoms with Crippen LogP contribution in [0.25, 0.3) is 0 Å². The lowest BCUT2D eigenvalue weighted by atomic mass is 10.1. The number of hydrogen-bond acceptors (Lipinski definition) is 3. The van der Waals surface area contributed by atoms with Crippen LogP contribution in [0.5, 0.6) is 0 Å². The maximum Gasteiger partial charge on any atom is 0.426 e. The molecule has 0 radical (unpaired) electrons. The van der Waals surface area contributed by atoms with Crippen LogP contribution in [0.15, 0.2) is 24.3 Å². The van der Waals surface area contributed by atoms with Gasteiger partial charge in [0.2, 0.25) is 10.8 Å². The number of aliphatic hydroxyl groups is 1. The summed E-state index contributed by atoms with van der Waals surface area (Å²) in [6, 6.07) is 5.77. The predicted molar refractivity (Wildman–Crippen MR) is 73.3 cm³/mol. The minimum Gasteiger partial charge on any atom is -0.373 e. The molecule has 0 fully saturated rings. The molecule has 9 heteroatoms. The third kappa shape index (κ3) is 6.33. The standard InChI is InChI=1S/C10H9ClF3NO2.C2H3ClO/c1-9(17,10(12,13)14)8(16)15-7-5-3-2-4-6(7)11;1-2(3)4/h2-5,17H,1H3,(H,15,16);1H3/t9-;/m1./s1. The number of hydrogen-bond donors (Lipinski definition) is 2. The normalized spacial score (nSPS) is 13.5. The van der Waals surface area contributed by atoms with Crippen LogP contribution < -0.4 is 5.32 Å². The first-order valence-electron chi connectivity index (χ1n) is 5.40. The van der Waals surface area contributed by atoms with Gasteiger partial charge in [0.25, 0.3) is 5.91 Å². The molecule has 0 saturated carbocycles. The molecule has 1 atom stereocenters. The molecular weight excluding hydrogens is 334 g/mol. The van der Waals surface area contributed by atoms with E-state index < -0.39 is 17.7 Å². The highest BCUT2D eigenvalue weighted by Gasteiger charge is 2.55. The van der Waals surface area contributed by atoms with E-state index in [2.05, 4.69) is 11.6 Å². The van der Waals surface area contributed by atoms with E-state index in [9.17, 15) is 22.8 Å². The summed E-state index contributed by atoms with van der Waals surface area (Å²) < 4.78 is 37.0. The van der Waals surface area contributed by atoms with E-state index in [1.807, 2.05) is 5.32 Å². The van der Waals surface area contributed by atoms with Crippen molar-refractivity contribution in [2.45, 2.75) is 25.6 Å². The summed E-state index contributed by atoms with van der Waals surface area (Å²) in [6.07, 6.45) is -5.06. The van der Waals surface area contributed by atoms with Gasteiger partial charge in [-0.05, 0) is 30.7 Å². The van der Waals surface area contributed by atoms with Crippen LogP contribution in [-0.4, -0.2) is 28.0 Å². The summed E-state index contributed by atoms with van der Waals surface area (Å²) in [7, 11) is 0. The SMILES string of the molecule is CC(=O)Cl.C[C@@](O)(C(=O)Nc1ccccc1Cl)C(F)(F)F. The Bertz CT molecular complexity index is 515. The topological polar surface area (TPSA) is 66.4 Å². The van der Waals surface area contributed by atoms with E-state index in [1.165, 1.54) is 25.1 Å². The summed E-state index contributed by atoms with van der Waals surface area (Å²) in [5, 5.41) is 10.7. The van der Waals surface area contributed by atoms with Crippen LogP contribution >= 0.6 is 23.2 Å². The highest BCUT2D eigenvalue weighted by molar-refractivity contribution is 6.62. The average molecular weight is 346 g/mol. The fraction of sp³-hybridized carbons (Fsp3) is 0.333. The Labute approximate surface area is 128 Å². The Morgan fingerprint density at radius 2 is 1.67 bits per heavy atom. The third-order valence-corrected chi connectivity index (χ3v) is 2.45. The summed E-state index contributed by atoms with van der Waals surface area (Å²) in [4.78, 5) is 20.5. The van der Waals surface area contributed by atoms with E-state index in [1.54, 1.807) is 6.07 Å². The van der Waals surface area contributed by atoms with Gasteiger partial charge in [-0.1, -0.05) is 23.7 Å². The highest BCUT2D eigenvalue weighted by atomic mass is 35.5. The summed E-state index contributed by atoms with van der Waals surface area (Å²) in [5.74, 6) is -1.59. The van der Waals surface area contributed by atoms with E-state index in [-0.39, 0.29) is 16.0 Å². The number of anilines is 1. The number of para-hydroxylation sites is 1. The molecule has 4 nitrogen and oxygen atoms in total. The summed E-state index contributed by atoms with van der Waals surface area (Å²) in [6.45, 7) is 1.67. The molecule has 21 heavy (non-hydrogen) atoms. The zero-order valence-corrected chi connectivity index (χ0v) is 12.5. The van der Waals surface area contributed by atoms with Crippen molar-refractivity contribution in [3.63, 3.8) is 0 Å². The molecule has 0 heterocycles. The van der Waals surface area contributed by atoms with E-state index in [0.29, 0.717) is 6.92 Å². The molecule has 0 aliphatic rings. The first-order chi connectivity index (χ1) is 9.39. The monoisotopic (exact) mass is 345 g/mol. The van der Waals surface area contributed by atoms with Gasteiger partial charge in [0, 0.05) is 6.92 Å². The Balaban J connectivity index is 0.000000885. The van der Waals surface area contributed by atoms with Gasteiger partial charge in [-0.15, -0.1) is 0 Å². The molecule has 1 rings (SSSR count). The maximum absolute atomic E-state index is 12.3. The van der Waals surface area contributed by atoms with Gasteiger partial charge in [0.1, 0.15) is 0 Å². The Kier molecular flexibility index (Phi) is 7.15. The van der Waals surface area contributed by atoms with Crippen LogP contribution in [0.4, 0.5) is 18.9 Å². The smallest absolute Gasteiger partial charge is 0.373 e. The van der Waals surface area contributed by atoms with Crippen molar-refractivity contribution in [3.05, 3.63) is 29.3 Å². The van der Waals surface area contributed by atoms with Gasteiger partial charge in [-0.3, -0.25) is 9.59 Å². The molecule has 1 aromatic rings. The summed E-state index contributed by atoms with van der Waals surface area (Å²) >= 11 is 10.3. The second-order valence-corrected chi connectivity index (χ2v) is 4.91. The molecular formula is C12H12Cl2F3NO3. The molecule has 0 spiro atoms. The van der Waals surface area contributed by atoms with Crippen molar-refractivity contribution in [1.29, 1.82) is 0 Å². The lowest BCUT2D eigenvalue weighted by molar-refractivity contribution is -0.242. The number of carbonyl (C=O) groups excluding carboxylic acids is 2. The van der Waals surface area contributed by atoms with Crippen molar-refractivity contribution in [1.82, 2.24) is 0 Å². The fourth-order valence-corrected chi connectivity index (χ4v) is 1.12. The predicted octanol–water partition coefficient (Wildman–Crippen LogP) is 3.36. The largest absolute Gasteiger partial charge is 0.426 e. The van der Waals surface area contributed by atoms with Crippen LogP contribution in [0.1, 0.15) is 13.8 Å². The molecule has 0 saturated heterocycles. The number of alkyl halides is 3. The molecule has 2 N–H and O–H groups in total. The molecule has 0 unspecified atom stereocenters. The number of carbonyl (C=O) groups is 2. The second-order valence-electron chi connectivity index (χ2n) is 3.97. The number of nitrogens with one attached hydrogen (secondary N) is 1. The zero-order chi connectivity index (χ0) is 16.8. The second kappa shape index (κ2) is 7.63. The molecule has 118 valence electrons. The summed E-state index contributed by atoms with van der Waals surface area (Å²) in [5.41, 5.74) is -3.46. The van der Waals surface area contributed by atoms with E-state index >= 15 is 0 Å². The maximum atomic E-state index is 12.3. The number of rotatable bonds is 2. The van der Waals surface area contributed by atoms with Crippen molar-refractivity contribution in [2.75, 3.05) is 5.32 Å². The minimum atomic E-state index is -5.06. The number of halogens is 5. The van der Waals surface area contributed by atoms with Crippen LogP contribution in [0.2, 0.25) is 5.02 Å². The van der Waals surface area contributed by atoms with Crippen LogP contribution in [0, 0.1) is 0 Å². The molecule has 0 aliphatic carbocycles. The Morgan fingerprint density at radius 1 is 1.24 bits per heavy atom. The molecule has 0 aliphatic heterocycles. The lowest BCUT2D eigenvalue weighted by Crippen LogP contribution is -2.52. The fourth-order valence-electron chi connectivity index (χ4n) is 0.935. The number of amides is 1. The number of benzene rings is 1. The first-order valence-corrected chi connectivity index (χ1v) is 6.16. The van der Waals surface area contributed by atoms with Crippen LogP contribution in [-0.2, 0) is 9.59 Å². The molecule has 1 amide bonds. The quantitative estimate of drug-likeness (QED) is 0.807. The Hall–Kier alpha value is -1.31. The van der Waals surface area contributed by atoms with Gasteiger partial charge >= 0.3 is 6.18 Å². The van der Waals surface area contributed by atoms with Crippen molar-refractivity contribution in [3.8, 4) is 0 Å². The lowest BCUT2D eigenvalue weighted by Gasteiger charge is -2.25. The third-order valence-electron chi connectivity index (χ3n) is 2.12. The average Bonchev–Trinajstić information content (AvgIpc) is 2.29. The van der Waals surface area contributed by atoms with Gasteiger partial charge in [-0.2, -0.15) is 13.2 Å². The van der Waals surface area contributed by atoms with Crippen molar-refractivity contribution in [2.24, 2.45) is 0 Å². The van der Waals surface area contributed by atoms with E-state index in [4.69, 9.17) is 16.7 Å². The Morgan fingerprint density at radius 3 is 2.05 bits per heavy atom. The van der Waals surface area contributed by atoms with E-state index in [0.717, 1.165) is 0 Å². The molecule has 0 bridgehead atoms. The van der Waals surface area contributed by atoms with Crippen molar-refractivity contribution >= 4 is 40.0 Å². The van der Waals surface area contributed by atoms with Gasteiger partial charge in [0.05, 0.1) is 10.7 Å². The minimum absolute atomic E-state index is 0.00342.